The Morgan fingerprint density at radius 1 is 1.53 bits per heavy atom. The minimum absolute atomic E-state index is 0.119. The lowest BCUT2D eigenvalue weighted by Crippen LogP contribution is -2.36. The maximum absolute atomic E-state index is 11.7. The Hall–Kier alpha value is -1.49. The zero-order valence-corrected chi connectivity index (χ0v) is 9.11. The molecule has 1 aromatic rings. The highest BCUT2D eigenvalue weighted by Crippen LogP contribution is 2.11. The first kappa shape index (κ1) is 11.6. The third kappa shape index (κ3) is 2.73. The van der Waals surface area contributed by atoms with E-state index in [0.29, 0.717) is 0 Å². The van der Waals surface area contributed by atoms with E-state index in [0.717, 1.165) is 0 Å². The van der Waals surface area contributed by atoms with E-state index in [2.05, 4.69) is 9.82 Å². The fourth-order valence-corrected chi connectivity index (χ4v) is 2.17. The van der Waals surface area contributed by atoms with Crippen LogP contribution in [0.15, 0.2) is 23.2 Å². The number of sulfonamides is 1. The van der Waals surface area contributed by atoms with Gasteiger partial charge in [0.1, 0.15) is 11.0 Å². The number of hydrogen-bond acceptors (Lipinski definition) is 5. The van der Waals surface area contributed by atoms with Crippen molar-refractivity contribution in [2.45, 2.75) is 4.90 Å². The molecule has 0 aliphatic heterocycles. The molecule has 1 heterocycles. The molecule has 1 rings (SSSR count). The van der Waals surface area contributed by atoms with Gasteiger partial charge in [0.25, 0.3) is 10.0 Å². The van der Waals surface area contributed by atoms with E-state index < -0.39 is 10.0 Å². The fraction of sp³-hybridized carbons (Fsp3) is 0.250. The van der Waals surface area contributed by atoms with Gasteiger partial charge in [-0.15, -0.1) is 4.83 Å². The van der Waals surface area contributed by atoms with Gasteiger partial charge in [0.2, 0.25) is 0 Å². The molecule has 0 fully saturated rings. The van der Waals surface area contributed by atoms with E-state index >= 15 is 0 Å². The van der Waals surface area contributed by atoms with Crippen LogP contribution in [0.25, 0.3) is 0 Å². The van der Waals surface area contributed by atoms with Crippen molar-refractivity contribution < 1.29 is 8.42 Å². The quantitative estimate of drug-likeness (QED) is 0.716. The predicted octanol–water partition coefficient (Wildman–Crippen LogP) is -0.292. The van der Waals surface area contributed by atoms with Crippen LogP contribution in [0.4, 0.5) is 0 Å². The molecule has 0 spiro atoms. The summed E-state index contributed by atoms with van der Waals surface area (Å²) < 4.78 is 23.4. The Morgan fingerprint density at radius 3 is 2.73 bits per heavy atom. The van der Waals surface area contributed by atoms with Crippen LogP contribution in [0.2, 0.25) is 0 Å². The molecular weight excluding hydrogens is 216 g/mol. The minimum atomic E-state index is -3.71. The van der Waals surface area contributed by atoms with E-state index in [1.54, 1.807) is 20.2 Å². The smallest absolute Gasteiger partial charge is 0.244 e. The number of rotatable bonds is 3. The van der Waals surface area contributed by atoms with Gasteiger partial charge in [-0.25, -0.2) is 18.4 Å². The van der Waals surface area contributed by atoms with Crippen LogP contribution in [-0.2, 0) is 10.0 Å². The Kier molecular flexibility index (Phi) is 3.36. The second kappa shape index (κ2) is 4.35. The number of hydrazine groups is 1. The van der Waals surface area contributed by atoms with Crippen molar-refractivity contribution in [2.75, 3.05) is 14.1 Å². The lowest BCUT2D eigenvalue weighted by atomic mass is 10.4. The van der Waals surface area contributed by atoms with Gasteiger partial charge in [-0.1, -0.05) is 0 Å². The summed E-state index contributed by atoms with van der Waals surface area (Å²) in [7, 11) is -0.628. The van der Waals surface area contributed by atoms with Crippen LogP contribution in [-0.4, -0.2) is 32.5 Å². The fourth-order valence-electron chi connectivity index (χ4n) is 0.981. The van der Waals surface area contributed by atoms with E-state index in [-0.39, 0.29) is 10.6 Å². The molecule has 0 bridgehead atoms. The summed E-state index contributed by atoms with van der Waals surface area (Å²) in [5, 5.41) is 9.98. The Balaban J connectivity index is 3.23. The topological polar surface area (TPSA) is 86.1 Å². The molecule has 80 valence electrons. The number of nitrogens with one attached hydrogen (secondary N) is 1. The average Bonchev–Trinajstić information content (AvgIpc) is 2.16. The summed E-state index contributed by atoms with van der Waals surface area (Å²) in [5.41, 5.74) is -0.119. The van der Waals surface area contributed by atoms with Crippen LogP contribution in [0.3, 0.4) is 0 Å². The molecule has 6 nitrogen and oxygen atoms in total. The lowest BCUT2D eigenvalue weighted by Gasteiger charge is -2.12. The van der Waals surface area contributed by atoms with Gasteiger partial charge in [-0.3, -0.25) is 0 Å². The zero-order chi connectivity index (χ0) is 11.5. The van der Waals surface area contributed by atoms with Crippen LogP contribution < -0.4 is 4.83 Å². The zero-order valence-electron chi connectivity index (χ0n) is 8.30. The molecule has 0 atom stereocenters. The van der Waals surface area contributed by atoms with Crippen molar-refractivity contribution in [3.05, 3.63) is 24.0 Å². The van der Waals surface area contributed by atoms with Gasteiger partial charge in [0, 0.05) is 20.3 Å². The number of nitriles is 1. The summed E-state index contributed by atoms with van der Waals surface area (Å²) in [6.45, 7) is 0. The second-order valence-electron chi connectivity index (χ2n) is 2.95. The van der Waals surface area contributed by atoms with Crippen molar-refractivity contribution in [3.8, 4) is 6.07 Å². The first-order valence-corrected chi connectivity index (χ1v) is 5.50. The van der Waals surface area contributed by atoms with E-state index in [4.69, 9.17) is 5.26 Å². The first-order valence-electron chi connectivity index (χ1n) is 4.02. The van der Waals surface area contributed by atoms with Gasteiger partial charge in [-0.05, 0) is 12.1 Å². The maximum atomic E-state index is 11.7. The van der Waals surface area contributed by atoms with Gasteiger partial charge in [0.05, 0.1) is 0 Å². The Labute approximate surface area is 88.2 Å². The number of nitrogens with zero attached hydrogens (tertiary/aromatic N) is 3. The molecule has 0 radical (unpaired) electrons. The normalized spacial score (nSPS) is 11.3. The Morgan fingerprint density at radius 2 is 2.20 bits per heavy atom. The molecular formula is C8H10N4O2S. The van der Waals surface area contributed by atoms with Crippen LogP contribution in [0.1, 0.15) is 5.69 Å². The third-order valence-corrected chi connectivity index (χ3v) is 2.98. The predicted molar refractivity (Wildman–Crippen MR) is 53.0 cm³/mol. The van der Waals surface area contributed by atoms with Gasteiger partial charge in [-0.2, -0.15) is 5.26 Å². The number of pyridine rings is 1. The van der Waals surface area contributed by atoms with E-state index in [1.807, 2.05) is 0 Å². The molecule has 0 saturated carbocycles. The highest BCUT2D eigenvalue weighted by molar-refractivity contribution is 7.89. The first-order chi connectivity index (χ1) is 6.97. The second-order valence-corrected chi connectivity index (χ2v) is 4.58. The van der Waals surface area contributed by atoms with Crippen LogP contribution >= 0.6 is 0 Å². The van der Waals surface area contributed by atoms with Gasteiger partial charge in [0.15, 0.2) is 5.69 Å². The summed E-state index contributed by atoms with van der Waals surface area (Å²) in [6.07, 6.45) is 1.37. The number of hydrogen-bond donors (Lipinski definition) is 1. The van der Waals surface area contributed by atoms with Crippen molar-refractivity contribution in [1.82, 2.24) is 14.8 Å². The molecule has 0 amide bonds. The molecule has 7 heteroatoms. The molecule has 0 saturated heterocycles. The van der Waals surface area contributed by atoms with E-state index in [1.165, 1.54) is 23.3 Å². The maximum Gasteiger partial charge on any atom is 0.256 e. The molecule has 0 aromatic carbocycles. The summed E-state index contributed by atoms with van der Waals surface area (Å²) >= 11 is 0. The highest BCUT2D eigenvalue weighted by atomic mass is 32.2. The van der Waals surface area contributed by atoms with Crippen molar-refractivity contribution >= 4 is 10.0 Å². The molecule has 15 heavy (non-hydrogen) atoms. The highest BCUT2D eigenvalue weighted by Gasteiger charge is 2.19. The SMILES string of the molecule is CN(C)NS(=O)(=O)c1cccnc1C#N. The lowest BCUT2D eigenvalue weighted by molar-refractivity contribution is 0.364. The van der Waals surface area contributed by atoms with Gasteiger partial charge < -0.3 is 0 Å². The standard InChI is InChI=1S/C8H10N4O2S/c1-12(2)11-15(13,14)8-4-3-5-10-7(8)6-9/h3-5,11H,1-2H3. The van der Waals surface area contributed by atoms with Crippen molar-refractivity contribution in [1.29, 1.82) is 5.26 Å². The molecule has 0 unspecified atom stereocenters. The molecule has 1 aromatic heterocycles. The van der Waals surface area contributed by atoms with Crippen molar-refractivity contribution in [3.63, 3.8) is 0 Å². The molecule has 0 aliphatic rings. The largest absolute Gasteiger partial charge is 0.256 e. The summed E-state index contributed by atoms with van der Waals surface area (Å²) in [4.78, 5) is 5.77. The van der Waals surface area contributed by atoms with Crippen molar-refractivity contribution in [2.24, 2.45) is 0 Å². The van der Waals surface area contributed by atoms with Crippen LogP contribution in [0, 0.1) is 11.3 Å². The number of aromatic nitrogens is 1. The minimum Gasteiger partial charge on any atom is -0.244 e. The summed E-state index contributed by atoms with van der Waals surface area (Å²) in [5.74, 6) is 0. The third-order valence-electron chi connectivity index (χ3n) is 1.47. The monoisotopic (exact) mass is 226 g/mol. The van der Waals surface area contributed by atoms with Crippen LogP contribution in [0.5, 0.6) is 0 Å². The molecule has 0 aliphatic carbocycles. The summed E-state index contributed by atoms with van der Waals surface area (Å²) in [6, 6.07) is 4.52. The van der Waals surface area contributed by atoms with Gasteiger partial charge >= 0.3 is 0 Å². The molecule has 1 N–H and O–H groups in total. The Bertz CT molecular complexity index is 490. The average molecular weight is 226 g/mol. The van der Waals surface area contributed by atoms with E-state index in [9.17, 15) is 8.42 Å².